The van der Waals surface area contributed by atoms with Crippen LogP contribution in [0.2, 0.25) is 0 Å². The molecule has 0 radical (unpaired) electrons. The number of aromatic hydroxyl groups is 1. The van der Waals surface area contributed by atoms with Crippen LogP contribution in [0.15, 0.2) is 24.3 Å². The van der Waals surface area contributed by atoms with Crippen molar-refractivity contribution in [2.24, 2.45) is 0 Å². The summed E-state index contributed by atoms with van der Waals surface area (Å²) in [6.45, 7) is 0. The molecule has 132 valence electrons. The minimum atomic E-state index is 0.200. The maximum atomic E-state index is 10.2. The molecule has 2 heterocycles. The zero-order valence-electron chi connectivity index (χ0n) is 15.0. The van der Waals surface area contributed by atoms with E-state index in [2.05, 4.69) is 24.1 Å². The number of hydrogen-bond donors (Lipinski definition) is 1. The first kappa shape index (κ1) is 16.1. The van der Waals surface area contributed by atoms with Gasteiger partial charge in [0.05, 0.1) is 21.3 Å². The number of fused-ring (bicyclic) bond motifs is 6. The van der Waals surface area contributed by atoms with E-state index in [1.807, 2.05) is 12.1 Å². The summed E-state index contributed by atoms with van der Waals surface area (Å²) in [6.07, 6.45) is 1.75. The van der Waals surface area contributed by atoms with Crippen LogP contribution in [0.1, 0.15) is 34.3 Å². The molecule has 0 amide bonds. The van der Waals surface area contributed by atoms with E-state index in [0.717, 1.165) is 24.3 Å². The second-order valence-corrected chi connectivity index (χ2v) is 6.73. The molecule has 5 heteroatoms. The van der Waals surface area contributed by atoms with Crippen molar-refractivity contribution in [2.45, 2.75) is 24.9 Å². The van der Waals surface area contributed by atoms with Crippen molar-refractivity contribution in [2.75, 3.05) is 28.4 Å². The third kappa shape index (κ3) is 2.34. The molecule has 2 aromatic rings. The van der Waals surface area contributed by atoms with Gasteiger partial charge in [-0.05, 0) is 66.4 Å². The van der Waals surface area contributed by atoms with E-state index in [0.29, 0.717) is 5.75 Å². The Morgan fingerprint density at radius 3 is 1.84 bits per heavy atom. The van der Waals surface area contributed by atoms with Crippen LogP contribution in [-0.4, -0.2) is 38.4 Å². The van der Waals surface area contributed by atoms with Gasteiger partial charge in [0.1, 0.15) is 0 Å². The highest BCUT2D eigenvalue weighted by Gasteiger charge is 2.39. The fourth-order valence-corrected chi connectivity index (χ4v) is 4.28. The highest BCUT2D eigenvalue weighted by atomic mass is 16.5. The lowest BCUT2D eigenvalue weighted by Gasteiger charge is -2.46. The third-order valence-corrected chi connectivity index (χ3v) is 5.61. The van der Waals surface area contributed by atoms with Gasteiger partial charge in [0, 0.05) is 12.1 Å². The molecular weight excluding hydrogens is 318 g/mol. The van der Waals surface area contributed by atoms with E-state index in [4.69, 9.17) is 14.2 Å². The van der Waals surface area contributed by atoms with E-state index >= 15 is 0 Å². The maximum absolute atomic E-state index is 10.2. The normalized spacial score (nSPS) is 21.3. The van der Waals surface area contributed by atoms with Crippen LogP contribution in [0.25, 0.3) is 0 Å². The van der Waals surface area contributed by atoms with Gasteiger partial charge < -0.3 is 19.3 Å². The first-order valence-electron chi connectivity index (χ1n) is 8.43. The molecule has 0 saturated heterocycles. The summed E-state index contributed by atoms with van der Waals surface area (Å²) in [5, 5.41) is 10.2. The lowest BCUT2D eigenvalue weighted by Crippen LogP contribution is -2.40. The predicted octanol–water partition coefficient (Wildman–Crippen LogP) is 3.24. The smallest absolute Gasteiger partial charge is 0.161 e. The molecule has 0 aliphatic carbocycles. The summed E-state index contributed by atoms with van der Waals surface area (Å²) in [4.78, 5) is 2.39. The number of nitrogens with zero attached hydrogens (tertiary/aromatic N) is 1. The van der Waals surface area contributed by atoms with Crippen molar-refractivity contribution in [3.8, 4) is 23.0 Å². The summed E-state index contributed by atoms with van der Waals surface area (Å²) < 4.78 is 16.3. The molecule has 0 spiro atoms. The molecule has 5 nitrogen and oxygen atoms in total. The summed E-state index contributed by atoms with van der Waals surface area (Å²) in [7, 11) is 7.08. The molecule has 4 rings (SSSR count). The average Bonchev–Trinajstić information content (AvgIpc) is 2.62. The van der Waals surface area contributed by atoms with Crippen molar-refractivity contribution in [3.05, 3.63) is 46.5 Å². The van der Waals surface area contributed by atoms with E-state index < -0.39 is 0 Å². The van der Waals surface area contributed by atoms with Crippen molar-refractivity contribution >= 4 is 0 Å². The number of rotatable bonds is 3. The summed E-state index contributed by atoms with van der Waals surface area (Å²) in [5.74, 6) is 2.27. The van der Waals surface area contributed by atoms with Crippen LogP contribution >= 0.6 is 0 Å². The maximum Gasteiger partial charge on any atom is 0.161 e. The number of phenols is 1. The molecule has 2 bridgehead atoms. The van der Waals surface area contributed by atoms with Crippen LogP contribution in [-0.2, 0) is 12.8 Å². The average molecular weight is 341 g/mol. The molecular formula is C20H23NO4. The Morgan fingerprint density at radius 1 is 0.800 bits per heavy atom. The highest BCUT2D eigenvalue weighted by molar-refractivity contribution is 5.55. The highest BCUT2D eigenvalue weighted by Crippen LogP contribution is 2.50. The largest absolute Gasteiger partial charge is 0.504 e. The molecule has 25 heavy (non-hydrogen) atoms. The van der Waals surface area contributed by atoms with Crippen LogP contribution < -0.4 is 14.2 Å². The molecule has 2 atom stereocenters. The van der Waals surface area contributed by atoms with Crippen molar-refractivity contribution in [1.82, 2.24) is 4.90 Å². The van der Waals surface area contributed by atoms with E-state index in [9.17, 15) is 5.11 Å². The van der Waals surface area contributed by atoms with Crippen LogP contribution in [0.3, 0.4) is 0 Å². The van der Waals surface area contributed by atoms with Gasteiger partial charge in [0.2, 0.25) is 0 Å². The van der Waals surface area contributed by atoms with Crippen molar-refractivity contribution < 1.29 is 19.3 Å². The van der Waals surface area contributed by atoms with Crippen LogP contribution in [0.4, 0.5) is 0 Å². The second kappa shape index (κ2) is 5.85. The zero-order valence-corrected chi connectivity index (χ0v) is 15.0. The summed E-state index contributed by atoms with van der Waals surface area (Å²) in [6, 6.07) is 8.54. The molecule has 2 aliphatic rings. The Balaban J connectivity index is 1.84. The predicted molar refractivity (Wildman–Crippen MR) is 94.9 cm³/mol. The first-order chi connectivity index (χ1) is 12.1. The Labute approximate surface area is 147 Å². The minimum absolute atomic E-state index is 0.200. The van der Waals surface area contributed by atoms with Gasteiger partial charge in [-0.15, -0.1) is 0 Å². The lowest BCUT2D eigenvalue weighted by molar-refractivity contribution is 0.137. The van der Waals surface area contributed by atoms with Crippen LogP contribution in [0.5, 0.6) is 23.0 Å². The summed E-state index contributed by atoms with van der Waals surface area (Å²) >= 11 is 0. The third-order valence-electron chi connectivity index (χ3n) is 5.61. The van der Waals surface area contributed by atoms with Gasteiger partial charge in [-0.25, -0.2) is 0 Å². The second-order valence-electron chi connectivity index (χ2n) is 6.73. The molecule has 0 aromatic heterocycles. The number of benzene rings is 2. The topological polar surface area (TPSA) is 51.2 Å². The van der Waals surface area contributed by atoms with Gasteiger partial charge in [0.15, 0.2) is 23.0 Å². The Morgan fingerprint density at radius 2 is 1.28 bits per heavy atom. The van der Waals surface area contributed by atoms with Gasteiger partial charge in [-0.1, -0.05) is 0 Å². The molecule has 0 fully saturated rings. The molecule has 1 unspecified atom stereocenters. The number of methoxy groups -OCH3 is 3. The molecule has 2 aliphatic heterocycles. The Bertz CT molecular complexity index is 833. The molecule has 0 saturated carbocycles. The van der Waals surface area contributed by atoms with E-state index in [1.54, 1.807) is 21.3 Å². The molecule has 1 N–H and O–H groups in total. The quantitative estimate of drug-likeness (QED) is 0.929. The Kier molecular flexibility index (Phi) is 3.76. The number of ether oxygens (including phenoxy) is 3. The van der Waals surface area contributed by atoms with E-state index in [-0.39, 0.29) is 17.8 Å². The van der Waals surface area contributed by atoms with Crippen molar-refractivity contribution in [3.63, 3.8) is 0 Å². The summed E-state index contributed by atoms with van der Waals surface area (Å²) in [5.41, 5.74) is 4.99. The monoisotopic (exact) mass is 341 g/mol. The lowest BCUT2D eigenvalue weighted by atomic mass is 9.76. The van der Waals surface area contributed by atoms with E-state index in [1.165, 1.54) is 22.3 Å². The van der Waals surface area contributed by atoms with Gasteiger partial charge >= 0.3 is 0 Å². The van der Waals surface area contributed by atoms with Gasteiger partial charge in [0.25, 0.3) is 0 Å². The fraction of sp³-hybridized carbons (Fsp3) is 0.400. The van der Waals surface area contributed by atoms with Gasteiger partial charge in [-0.3, -0.25) is 4.90 Å². The zero-order chi connectivity index (χ0) is 17.7. The Hall–Kier alpha value is -2.40. The van der Waals surface area contributed by atoms with Crippen LogP contribution in [0, 0.1) is 0 Å². The SMILES string of the molecule is COc1cc2c(cc1O)[C@@H]1Cc3cc(OC)c(OC)cc3C(C2)N1C. The number of hydrogen-bond acceptors (Lipinski definition) is 5. The minimum Gasteiger partial charge on any atom is -0.504 e. The van der Waals surface area contributed by atoms with Gasteiger partial charge in [-0.2, -0.15) is 0 Å². The standard InChI is InChI=1S/C20H23NO4/c1-21-15-6-12-8-19(24-3)20(25-4)10-14(12)16(21)5-11-7-18(23-2)17(22)9-13(11)15/h7-10,15-16,22H,5-6H2,1-4H3/t15-,16?/m0/s1. The molecule has 2 aromatic carbocycles. The number of likely N-dealkylation sites (N-methyl/N-ethyl adjacent to an activating group) is 1. The first-order valence-corrected chi connectivity index (χ1v) is 8.43. The van der Waals surface area contributed by atoms with Crippen molar-refractivity contribution in [1.29, 1.82) is 0 Å². The number of phenolic OH excluding ortho intramolecular Hbond substituents is 1. The fourth-order valence-electron chi connectivity index (χ4n) is 4.28.